The molecule has 0 atom stereocenters. The minimum Gasteiger partial charge on any atom is -0.399 e. The largest absolute Gasteiger partial charge is 0.573 e. The molecule has 0 fully saturated rings. The van der Waals surface area contributed by atoms with Gasteiger partial charge in [-0.2, -0.15) is 0 Å². The highest BCUT2D eigenvalue weighted by Crippen LogP contribution is 2.38. The Morgan fingerprint density at radius 2 is 1.59 bits per heavy atom. The van der Waals surface area contributed by atoms with Crippen molar-refractivity contribution in [2.45, 2.75) is 45.4 Å². The lowest BCUT2D eigenvalue weighted by atomic mass is 9.87. The molecule has 0 N–H and O–H groups in total. The van der Waals surface area contributed by atoms with Gasteiger partial charge in [0.05, 0.1) is 5.56 Å². The lowest BCUT2D eigenvalue weighted by Crippen LogP contribution is -2.19. The first-order chi connectivity index (χ1) is 13.6. The monoisotopic (exact) mass is 418 g/mol. The van der Waals surface area contributed by atoms with Gasteiger partial charge in [-0.05, 0) is 60.6 Å². The Morgan fingerprint density at radius 3 is 2.17 bits per heavy atom. The lowest BCUT2D eigenvalue weighted by Gasteiger charge is -2.20. The Morgan fingerprint density at radius 1 is 0.931 bits per heavy atom. The molecule has 0 aromatic heterocycles. The molecule has 0 saturated heterocycles. The molecule has 3 rings (SSSR count). The molecule has 0 spiro atoms. The highest BCUT2D eigenvalue weighted by Gasteiger charge is 2.34. The summed E-state index contributed by atoms with van der Waals surface area (Å²) in [6.07, 6.45) is 0.0314. The van der Waals surface area contributed by atoms with Crippen LogP contribution in [0, 0.1) is 23.3 Å². The number of fused-ring (bicyclic) bond motifs is 1. The molecule has 2 aromatic rings. The van der Waals surface area contributed by atoms with Gasteiger partial charge in [-0.3, -0.25) is 0 Å². The van der Waals surface area contributed by atoms with Crippen molar-refractivity contribution in [1.82, 2.24) is 0 Å². The number of alkyl halides is 3. The molecular formula is C21H17F7O. The smallest absolute Gasteiger partial charge is 0.399 e. The molecule has 29 heavy (non-hydrogen) atoms. The number of benzene rings is 2. The van der Waals surface area contributed by atoms with E-state index in [2.05, 4.69) is 4.74 Å². The maximum atomic E-state index is 15.0. The quantitative estimate of drug-likeness (QED) is 0.462. The third-order valence-electron chi connectivity index (χ3n) is 4.77. The van der Waals surface area contributed by atoms with Crippen molar-refractivity contribution in [3.8, 4) is 16.9 Å². The lowest BCUT2D eigenvalue weighted by molar-refractivity contribution is -0.276. The van der Waals surface area contributed by atoms with Crippen LogP contribution < -0.4 is 4.74 Å². The van der Waals surface area contributed by atoms with Crippen LogP contribution in [0.1, 0.15) is 43.7 Å². The number of allylic oxidation sites excluding steroid dienone is 1. The SMILES string of the molecule is CCCCC1=Cc2cc(F)c(-c3cc(F)c(OC(F)(F)F)c(F)c3)c(F)c2CC1. The fourth-order valence-corrected chi connectivity index (χ4v) is 3.42. The molecule has 2 aromatic carbocycles. The highest BCUT2D eigenvalue weighted by molar-refractivity contribution is 5.72. The number of ether oxygens (including phenoxy) is 1. The first-order valence-corrected chi connectivity index (χ1v) is 9.06. The van der Waals surface area contributed by atoms with Crippen LogP contribution in [0.5, 0.6) is 5.75 Å². The van der Waals surface area contributed by atoms with Gasteiger partial charge < -0.3 is 4.74 Å². The highest BCUT2D eigenvalue weighted by atomic mass is 19.4. The molecule has 0 heterocycles. The summed E-state index contributed by atoms with van der Waals surface area (Å²) in [5.41, 5.74) is 0.396. The molecule has 0 unspecified atom stereocenters. The molecule has 0 aliphatic heterocycles. The van der Waals surface area contributed by atoms with Crippen molar-refractivity contribution in [2.75, 3.05) is 0 Å². The molecular weight excluding hydrogens is 401 g/mol. The first-order valence-electron chi connectivity index (χ1n) is 9.06. The van der Waals surface area contributed by atoms with Crippen LogP contribution in [0.3, 0.4) is 0 Å². The Kier molecular flexibility index (Phi) is 5.91. The standard InChI is InChI=1S/C21H17F7O/c1-2-3-4-11-5-6-14-12(7-11)8-15(22)18(19(14)25)13-9-16(23)20(17(24)10-13)29-21(26,27)28/h7-10H,2-6H2,1H3. The maximum Gasteiger partial charge on any atom is 0.573 e. The number of unbranched alkanes of at least 4 members (excludes halogenated alkanes) is 1. The van der Waals surface area contributed by atoms with Crippen LogP contribution in [0.4, 0.5) is 30.7 Å². The Labute approximate surface area is 162 Å². The van der Waals surface area contributed by atoms with Gasteiger partial charge >= 0.3 is 6.36 Å². The summed E-state index contributed by atoms with van der Waals surface area (Å²) in [6.45, 7) is 2.03. The van der Waals surface area contributed by atoms with Gasteiger partial charge in [-0.25, -0.2) is 17.6 Å². The predicted molar refractivity (Wildman–Crippen MR) is 94.2 cm³/mol. The summed E-state index contributed by atoms with van der Waals surface area (Å²) in [7, 11) is 0. The molecule has 0 amide bonds. The number of halogens is 7. The first kappa shape index (κ1) is 21.2. The Bertz CT molecular complexity index is 937. The Hall–Kier alpha value is -2.51. The normalized spacial score (nSPS) is 13.9. The molecule has 0 saturated carbocycles. The van der Waals surface area contributed by atoms with Gasteiger partial charge in [0.15, 0.2) is 11.6 Å². The van der Waals surface area contributed by atoms with Gasteiger partial charge in [0, 0.05) is 0 Å². The van der Waals surface area contributed by atoms with E-state index >= 15 is 0 Å². The van der Waals surface area contributed by atoms with E-state index in [0.717, 1.165) is 30.9 Å². The van der Waals surface area contributed by atoms with Gasteiger partial charge in [-0.1, -0.05) is 25.0 Å². The summed E-state index contributed by atoms with van der Waals surface area (Å²) < 4.78 is 97.7. The molecule has 0 radical (unpaired) electrons. The fraction of sp³-hybridized carbons (Fsp3) is 0.333. The molecule has 156 valence electrons. The summed E-state index contributed by atoms with van der Waals surface area (Å²) in [5.74, 6) is -7.14. The number of hydrogen-bond acceptors (Lipinski definition) is 1. The van der Waals surface area contributed by atoms with E-state index in [0.29, 0.717) is 30.5 Å². The summed E-state index contributed by atoms with van der Waals surface area (Å²) in [4.78, 5) is 0. The van der Waals surface area contributed by atoms with E-state index in [4.69, 9.17) is 0 Å². The average Bonchev–Trinajstić information content (AvgIpc) is 2.62. The summed E-state index contributed by atoms with van der Waals surface area (Å²) >= 11 is 0. The molecule has 1 aliphatic carbocycles. The van der Waals surface area contributed by atoms with Crippen LogP contribution in [-0.2, 0) is 6.42 Å². The predicted octanol–water partition coefficient (Wildman–Crippen LogP) is 7.33. The molecule has 0 bridgehead atoms. The summed E-state index contributed by atoms with van der Waals surface area (Å²) in [6, 6.07) is 1.92. The van der Waals surface area contributed by atoms with Crippen molar-refractivity contribution < 1.29 is 35.5 Å². The van der Waals surface area contributed by atoms with Crippen molar-refractivity contribution in [3.05, 3.63) is 58.2 Å². The molecule has 1 aliphatic rings. The van der Waals surface area contributed by atoms with Crippen LogP contribution in [-0.4, -0.2) is 6.36 Å². The topological polar surface area (TPSA) is 9.23 Å². The van der Waals surface area contributed by atoms with E-state index in [-0.39, 0.29) is 5.56 Å². The number of rotatable bonds is 5. The molecule has 8 heteroatoms. The van der Waals surface area contributed by atoms with Gasteiger partial charge in [0.1, 0.15) is 11.6 Å². The minimum absolute atomic E-state index is 0.207. The third-order valence-corrected chi connectivity index (χ3v) is 4.77. The summed E-state index contributed by atoms with van der Waals surface area (Å²) in [5, 5.41) is 0. The van der Waals surface area contributed by atoms with Crippen LogP contribution in [0.2, 0.25) is 0 Å². The maximum absolute atomic E-state index is 15.0. The second-order valence-corrected chi connectivity index (χ2v) is 6.84. The zero-order chi connectivity index (χ0) is 21.3. The van der Waals surface area contributed by atoms with Gasteiger partial charge in [0.25, 0.3) is 0 Å². The third kappa shape index (κ3) is 4.57. The minimum atomic E-state index is -5.31. The van der Waals surface area contributed by atoms with Gasteiger partial charge in [0.2, 0.25) is 5.75 Å². The second-order valence-electron chi connectivity index (χ2n) is 6.84. The van der Waals surface area contributed by atoms with Crippen molar-refractivity contribution in [2.24, 2.45) is 0 Å². The van der Waals surface area contributed by atoms with Crippen LogP contribution in [0.15, 0.2) is 23.8 Å². The van der Waals surface area contributed by atoms with E-state index in [1.807, 2.05) is 6.92 Å². The van der Waals surface area contributed by atoms with E-state index in [9.17, 15) is 30.7 Å². The zero-order valence-electron chi connectivity index (χ0n) is 15.4. The number of hydrogen-bond donors (Lipinski definition) is 0. The average molecular weight is 418 g/mol. The Balaban J connectivity index is 2.04. The van der Waals surface area contributed by atoms with Crippen molar-refractivity contribution in [1.29, 1.82) is 0 Å². The zero-order valence-corrected chi connectivity index (χ0v) is 15.4. The molecule has 1 nitrogen and oxygen atoms in total. The van der Waals surface area contributed by atoms with E-state index in [1.54, 1.807) is 6.08 Å². The second kappa shape index (κ2) is 8.08. The van der Waals surface area contributed by atoms with Crippen LogP contribution in [0.25, 0.3) is 17.2 Å². The fourth-order valence-electron chi connectivity index (χ4n) is 3.42. The van der Waals surface area contributed by atoms with Gasteiger partial charge in [-0.15, -0.1) is 13.2 Å². The van der Waals surface area contributed by atoms with Crippen molar-refractivity contribution in [3.63, 3.8) is 0 Å². The van der Waals surface area contributed by atoms with E-state index < -0.39 is 46.5 Å². The van der Waals surface area contributed by atoms with Crippen molar-refractivity contribution >= 4 is 6.08 Å². The van der Waals surface area contributed by atoms with E-state index in [1.165, 1.54) is 0 Å². The van der Waals surface area contributed by atoms with Crippen LogP contribution >= 0.6 is 0 Å².